The predicted molar refractivity (Wildman–Crippen MR) is 75.1 cm³/mol. The van der Waals surface area contributed by atoms with Gasteiger partial charge in [0.2, 0.25) is 0 Å². The van der Waals surface area contributed by atoms with Crippen molar-refractivity contribution in [3.05, 3.63) is 0 Å². The fourth-order valence-electron chi connectivity index (χ4n) is 1.11. The summed E-state index contributed by atoms with van der Waals surface area (Å²) in [4.78, 5) is 2.19. The van der Waals surface area contributed by atoms with Gasteiger partial charge in [0.15, 0.2) is 0 Å². The number of nitrogens with two attached hydrogens (primary N) is 2. The summed E-state index contributed by atoms with van der Waals surface area (Å²) in [5.41, 5.74) is 10.8. The maximum absolute atomic E-state index is 8.73. The molecular formula is C12H33N3O2. The number of methoxy groups -OCH3 is 1. The maximum Gasteiger partial charge on any atom is 0.0558 e. The van der Waals surface area contributed by atoms with E-state index in [0.717, 1.165) is 32.5 Å². The molecule has 0 unspecified atom stereocenters. The molecule has 5 heteroatoms. The van der Waals surface area contributed by atoms with E-state index in [4.69, 9.17) is 16.6 Å². The van der Waals surface area contributed by atoms with E-state index in [-0.39, 0.29) is 6.61 Å². The normalized spacial score (nSPS) is 9.18. The monoisotopic (exact) mass is 251 g/mol. The Kier molecular flexibility index (Phi) is 32.2. The second kappa shape index (κ2) is 24.9. The third kappa shape index (κ3) is 25.8. The first kappa shape index (κ1) is 22.0. The third-order valence-corrected chi connectivity index (χ3v) is 1.77. The lowest BCUT2D eigenvalue weighted by atomic mass is 10.3. The molecule has 0 bridgehead atoms. The quantitative estimate of drug-likeness (QED) is 0.576. The van der Waals surface area contributed by atoms with Gasteiger partial charge in [0, 0.05) is 20.8 Å². The summed E-state index contributed by atoms with van der Waals surface area (Å²) in [6.45, 7) is 8.32. The molecule has 5 N–H and O–H groups in total. The van der Waals surface area contributed by atoms with Crippen LogP contribution in [0, 0.1) is 0 Å². The molecule has 0 rings (SSSR count). The molecule has 0 radical (unpaired) electrons. The first-order chi connectivity index (χ1) is 8.26. The van der Waals surface area contributed by atoms with Gasteiger partial charge >= 0.3 is 0 Å². The van der Waals surface area contributed by atoms with Crippen LogP contribution in [-0.2, 0) is 4.74 Å². The lowest BCUT2D eigenvalue weighted by molar-refractivity contribution is 0.194. The molecule has 0 saturated heterocycles. The Bertz CT molecular complexity index is 97.8. The van der Waals surface area contributed by atoms with Crippen LogP contribution in [0.15, 0.2) is 0 Å². The molecule has 108 valence electrons. The van der Waals surface area contributed by atoms with Gasteiger partial charge in [-0.1, -0.05) is 13.8 Å². The van der Waals surface area contributed by atoms with Crippen molar-refractivity contribution in [1.82, 2.24) is 4.90 Å². The Morgan fingerprint density at radius 2 is 1.29 bits per heavy atom. The molecular weight excluding hydrogens is 218 g/mol. The summed E-state index contributed by atoms with van der Waals surface area (Å²) >= 11 is 0. The maximum atomic E-state index is 8.73. The lowest BCUT2D eigenvalue weighted by Crippen LogP contribution is -2.31. The SMILES string of the molecule is CC.COC.NCCCN(CCO)CCCN. The molecule has 0 aliphatic rings. The second-order valence-electron chi connectivity index (χ2n) is 3.26. The van der Waals surface area contributed by atoms with E-state index >= 15 is 0 Å². The van der Waals surface area contributed by atoms with Gasteiger partial charge in [-0.3, -0.25) is 0 Å². The standard InChI is InChI=1S/C8H21N3O.C2H6O.C2H6/c9-3-1-5-11(7-8-12)6-2-4-10;1-3-2;1-2/h12H,1-10H2;1-2H3;1-2H3. The highest BCUT2D eigenvalue weighted by Gasteiger charge is 2.01. The van der Waals surface area contributed by atoms with Gasteiger partial charge in [-0.05, 0) is 39.0 Å². The molecule has 0 aromatic rings. The summed E-state index contributed by atoms with van der Waals surface area (Å²) in [7, 11) is 3.25. The van der Waals surface area contributed by atoms with E-state index < -0.39 is 0 Å². The fraction of sp³-hybridized carbons (Fsp3) is 1.00. The highest BCUT2D eigenvalue weighted by molar-refractivity contribution is 4.57. The smallest absolute Gasteiger partial charge is 0.0558 e. The van der Waals surface area contributed by atoms with Crippen LogP contribution in [0.5, 0.6) is 0 Å². The molecule has 0 atom stereocenters. The van der Waals surface area contributed by atoms with Crippen molar-refractivity contribution in [2.45, 2.75) is 26.7 Å². The van der Waals surface area contributed by atoms with E-state index in [1.165, 1.54) is 0 Å². The summed E-state index contributed by atoms with van der Waals surface area (Å²) in [6.07, 6.45) is 1.98. The van der Waals surface area contributed by atoms with E-state index in [1.54, 1.807) is 14.2 Å². The van der Waals surface area contributed by atoms with Crippen molar-refractivity contribution in [3.8, 4) is 0 Å². The van der Waals surface area contributed by atoms with Crippen LogP contribution in [0.2, 0.25) is 0 Å². The van der Waals surface area contributed by atoms with E-state index in [9.17, 15) is 0 Å². The van der Waals surface area contributed by atoms with Gasteiger partial charge in [-0.2, -0.15) is 0 Å². The van der Waals surface area contributed by atoms with Crippen molar-refractivity contribution >= 4 is 0 Å². The van der Waals surface area contributed by atoms with Crippen LogP contribution in [0.4, 0.5) is 0 Å². The van der Waals surface area contributed by atoms with Crippen LogP contribution in [0.1, 0.15) is 26.7 Å². The van der Waals surface area contributed by atoms with E-state index in [1.807, 2.05) is 13.8 Å². The van der Waals surface area contributed by atoms with Crippen LogP contribution < -0.4 is 11.5 Å². The number of nitrogens with zero attached hydrogens (tertiary/aromatic N) is 1. The average molecular weight is 251 g/mol. The van der Waals surface area contributed by atoms with Crippen molar-refractivity contribution in [2.75, 3.05) is 53.6 Å². The molecule has 17 heavy (non-hydrogen) atoms. The third-order valence-electron chi connectivity index (χ3n) is 1.77. The molecule has 0 saturated carbocycles. The topological polar surface area (TPSA) is 84.7 Å². The minimum Gasteiger partial charge on any atom is -0.395 e. The molecule has 0 aliphatic carbocycles. The zero-order chi connectivity index (χ0) is 13.9. The Hall–Kier alpha value is -0.200. The first-order valence-electron chi connectivity index (χ1n) is 6.40. The molecule has 0 fully saturated rings. The summed E-state index contributed by atoms with van der Waals surface area (Å²) in [5.74, 6) is 0. The van der Waals surface area contributed by atoms with E-state index in [2.05, 4.69) is 9.64 Å². The van der Waals surface area contributed by atoms with Crippen molar-refractivity contribution < 1.29 is 9.84 Å². The molecule has 0 aromatic heterocycles. The van der Waals surface area contributed by atoms with Crippen molar-refractivity contribution in [1.29, 1.82) is 0 Å². The number of rotatable bonds is 8. The van der Waals surface area contributed by atoms with Gasteiger partial charge < -0.3 is 26.2 Å². The highest BCUT2D eigenvalue weighted by atomic mass is 16.4. The van der Waals surface area contributed by atoms with Crippen molar-refractivity contribution in [2.24, 2.45) is 11.5 Å². The van der Waals surface area contributed by atoms with E-state index in [0.29, 0.717) is 13.1 Å². The second-order valence-corrected chi connectivity index (χ2v) is 3.26. The largest absolute Gasteiger partial charge is 0.395 e. The minimum atomic E-state index is 0.217. The zero-order valence-corrected chi connectivity index (χ0v) is 12.1. The Labute approximate surface area is 107 Å². The Morgan fingerprint density at radius 3 is 1.53 bits per heavy atom. The van der Waals surface area contributed by atoms with Gasteiger partial charge in [-0.25, -0.2) is 0 Å². The predicted octanol–water partition coefficient (Wildman–Crippen LogP) is 0.267. The lowest BCUT2D eigenvalue weighted by Gasteiger charge is -2.20. The molecule has 0 amide bonds. The molecule has 0 aromatic carbocycles. The number of aliphatic hydroxyl groups is 1. The molecule has 0 spiro atoms. The van der Waals surface area contributed by atoms with Gasteiger partial charge in [0.05, 0.1) is 6.61 Å². The minimum absolute atomic E-state index is 0.217. The number of ether oxygens (including phenoxy) is 1. The zero-order valence-electron chi connectivity index (χ0n) is 12.1. The number of hydrogen-bond acceptors (Lipinski definition) is 5. The van der Waals surface area contributed by atoms with Crippen LogP contribution >= 0.6 is 0 Å². The van der Waals surface area contributed by atoms with Gasteiger partial charge in [-0.15, -0.1) is 0 Å². The summed E-state index contributed by atoms with van der Waals surface area (Å²) in [5, 5.41) is 8.73. The Morgan fingerprint density at radius 1 is 0.941 bits per heavy atom. The first-order valence-corrected chi connectivity index (χ1v) is 6.40. The Balaban J connectivity index is -0.000000337. The number of hydrogen-bond donors (Lipinski definition) is 3. The van der Waals surface area contributed by atoms with Crippen LogP contribution in [0.3, 0.4) is 0 Å². The van der Waals surface area contributed by atoms with Gasteiger partial charge in [0.1, 0.15) is 0 Å². The van der Waals surface area contributed by atoms with Crippen molar-refractivity contribution in [3.63, 3.8) is 0 Å². The number of aliphatic hydroxyl groups excluding tert-OH is 1. The van der Waals surface area contributed by atoms with Crippen LogP contribution in [0.25, 0.3) is 0 Å². The average Bonchev–Trinajstić information content (AvgIpc) is 2.36. The molecule has 0 aliphatic heterocycles. The van der Waals surface area contributed by atoms with Gasteiger partial charge in [0.25, 0.3) is 0 Å². The highest BCUT2D eigenvalue weighted by Crippen LogP contribution is 1.91. The molecule has 5 nitrogen and oxygen atoms in total. The summed E-state index contributed by atoms with van der Waals surface area (Å²) < 4.78 is 4.25. The molecule has 0 heterocycles. The van der Waals surface area contributed by atoms with Crippen LogP contribution in [-0.4, -0.2) is 63.6 Å². The fourth-order valence-corrected chi connectivity index (χ4v) is 1.11. The summed E-state index contributed by atoms with van der Waals surface area (Å²) in [6, 6.07) is 0.